The molecule has 1 aromatic carbocycles. The highest BCUT2D eigenvalue weighted by atomic mass is 79.9. The molecule has 0 radical (unpaired) electrons. The quantitative estimate of drug-likeness (QED) is 0.764. The van der Waals surface area contributed by atoms with Gasteiger partial charge in [0.15, 0.2) is 0 Å². The predicted molar refractivity (Wildman–Crippen MR) is 59.9 cm³/mol. The summed E-state index contributed by atoms with van der Waals surface area (Å²) >= 11 is 4.89. The van der Waals surface area contributed by atoms with Crippen LogP contribution in [0.4, 0.5) is 4.39 Å². The van der Waals surface area contributed by atoms with E-state index >= 15 is 0 Å². The van der Waals surface area contributed by atoms with Crippen LogP contribution in [0.1, 0.15) is 5.69 Å². The predicted octanol–water partition coefficient (Wildman–Crippen LogP) is 4.02. The van der Waals surface area contributed by atoms with Crippen LogP contribution in [0.15, 0.2) is 28.1 Å². The smallest absolute Gasteiger partial charge is 0.124 e. The lowest BCUT2D eigenvalue weighted by Gasteiger charge is -1.99. The second-order valence-electron chi connectivity index (χ2n) is 2.92. The van der Waals surface area contributed by atoms with Crippen molar-refractivity contribution in [1.82, 2.24) is 4.98 Å². The zero-order chi connectivity index (χ0) is 10.1. The van der Waals surface area contributed by atoms with Gasteiger partial charge in [-0.15, -0.1) is 11.3 Å². The van der Waals surface area contributed by atoms with Gasteiger partial charge < -0.3 is 0 Å². The fourth-order valence-electron chi connectivity index (χ4n) is 1.14. The standard InChI is InChI=1S/C10H7BrFNS/c1-6-5-14-10(13-6)8-4-7(12)2-3-9(8)11/h2-5H,1H3. The number of benzene rings is 1. The van der Waals surface area contributed by atoms with Crippen molar-refractivity contribution >= 4 is 27.3 Å². The van der Waals surface area contributed by atoms with E-state index in [1.807, 2.05) is 12.3 Å². The molecule has 2 rings (SSSR count). The largest absolute Gasteiger partial charge is 0.241 e. The molecule has 14 heavy (non-hydrogen) atoms. The molecule has 72 valence electrons. The van der Waals surface area contributed by atoms with Crippen LogP contribution < -0.4 is 0 Å². The maximum atomic E-state index is 13.0. The molecule has 0 fully saturated rings. The fourth-order valence-corrected chi connectivity index (χ4v) is 2.53. The number of halogens is 2. The zero-order valence-electron chi connectivity index (χ0n) is 7.42. The van der Waals surface area contributed by atoms with Gasteiger partial charge in [0.05, 0.1) is 0 Å². The fraction of sp³-hybridized carbons (Fsp3) is 0.100. The lowest BCUT2D eigenvalue weighted by Crippen LogP contribution is -1.81. The van der Waals surface area contributed by atoms with Gasteiger partial charge in [-0.2, -0.15) is 0 Å². The van der Waals surface area contributed by atoms with Gasteiger partial charge in [0.1, 0.15) is 10.8 Å². The van der Waals surface area contributed by atoms with Gasteiger partial charge in [0, 0.05) is 21.1 Å². The van der Waals surface area contributed by atoms with Crippen molar-refractivity contribution in [2.75, 3.05) is 0 Å². The molecule has 0 N–H and O–H groups in total. The first-order valence-corrected chi connectivity index (χ1v) is 5.71. The van der Waals surface area contributed by atoms with Crippen LogP contribution >= 0.6 is 27.3 Å². The van der Waals surface area contributed by atoms with E-state index in [2.05, 4.69) is 20.9 Å². The molecule has 0 unspecified atom stereocenters. The van der Waals surface area contributed by atoms with Crippen LogP contribution in [0, 0.1) is 12.7 Å². The van der Waals surface area contributed by atoms with Crippen LogP contribution in [0.2, 0.25) is 0 Å². The minimum absolute atomic E-state index is 0.240. The average molecular weight is 272 g/mol. The Morgan fingerprint density at radius 1 is 1.43 bits per heavy atom. The van der Waals surface area contributed by atoms with Crippen molar-refractivity contribution in [1.29, 1.82) is 0 Å². The number of hydrogen-bond donors (Lipinski definition) is 0. The van der Waals surface area contributed by atoms with Crippen LogP contribution in [0.5, 0.6) is 0 Å². The lowest BCUT2D eigenvalue weighted by atomic mass is 10.2. The molecule has 0 aliphatic rings. The van der Waals surface area contributed by atoms with E-state index in [9.17, 15) is 4.39 Å². The van der Waals surface area contributed by atoms with Crippen LogP contribution in [0.25, 0.3) is 10.6 Å². The molecular weight excluding hydrogens is 265 g/mol. The Morgan fingerprint density at radius 2 is 2.21 bits per heavy atom. The van der Waals surface area contributed by atoms with Crippen LogP contribution in [-0.2, 0) is 0 Å². The molecule has 0 aliphatic carbocycles. The molecule has 0 saturated carbocycles. The van der Waals surface area contributed by atoms with E-state index in [-0.39, 0.29) is 5.82 Å². The molecule has 0 saturated heterocycles. The van der Waals surface area contributed by atoms with Gasteiger partial charge in [-0.05, 0) is 25.1 Å². The monoisotopic (exact) mass is 271 g/mol. The van der Waals surface area contributed by atoms with Gasteiger partial charge in [-0.25, -0.2) is 9.37 Å². The Labute approximate surface area is 93.7 Å². The molecular formula is C10H7BrFNS. The molecule has 1 heterocycles. The third-order valence-electron chi connectivity index (χ3n) is 1.78. The summed E-state index contributed by atoms with van der Waals surface area (Å²) in [6.45, 7) is 1.92. The number of aromatic nitrogens is 1. The lowest BCUT2D eigenvalue weighted by molar-refractivity contribution is 0.628. The van der Waals surface area contributed by atoms with Crippen molar-refractivity contribution in [2.45, 2.75) is 6.92 Å². The van der Waals surface area contributed by atoms with Crippen LogP contribution in [-0.4, -0.2) is 4.98 Å². The molecule has 0 bridgehead atoms. The van der Waals surface area contributed by atoms with Crippen LogP contribution in [0.3, 0.4) is 0 Å². The molecule has 0 amide bonds. The Bertz CT molecular complexity index is 467. The van der Waals surface area contributed by atoms with E-state index in [1.165, 1.54) is 23.5 Å². The molecule has 0 atom stereocenters. The van der Waals surface area contributed by atoms with Gasteiger partial charge in [0.2, 0.25) is 0 Å². The van der Waals surface area contributed by atoms with E-state index in [4.69, 9.17) is 0 Å². The number of hydrogen-bond acceptors (Lipinski definition) is 2. The first-order valence-electron chi connectivity index (χ1n) is 4.04. The normalized spacial score (nSPS) is 10.5. The third kappa shape index (κ3) is 1.86. The minimum atomic E-state index is -0.240. The van der Waals surface area contributed by atoms with Crippen molar-refractivity contribution in [2.24, 2.45) is 0 Å². The average Bonchev–Trinajstić information content (AvgIpc) is 2.56. The number of aryl methyl sites for hydroxylation is 1. The van der Waals surface area contributed by atoms with Gasteiger partial charge in [0.25, 0.3) is 0 Å². The number of thiazole rings is 1. The maximum Gasteiger partial charge on any atom is 0.124 e. The first kappa shape index (κ1) is 9.80. The summed E-state index contributed by atoms with van der Waals surface area (Å²) in [6.07, 6.45) is 0. The highest BCUT2D eigenvalue weighted by molar-refractivity contribution is 9.10. The Kier molecular flexibility index (Phi) is 2.65. The highest BCUT2D eigenvalue weighted by Crippen LogP contribution is 2.30. The molecule has 2 aromatic rings. The summed E-state index contributed by atoms with van der Waals surface area (Å²) in [7, 11) is 0. The summed E-state index contributed by atoms with van der Waals surface area (Å²) < 4.78 is 13.9. The van der Waals surface area contributed by atoms with Gasteiger partial charge in [-0.3, -0.25) is 0 Å². The summed E-state index contributed by atoms with van der Waals surface area (Å²) in [5, 5.41) is 2.79. The van der Waals surface area contributed by atoms with Gasteiger partial charge >= 0.3 is 0 Å². The van der Waals surface area contributed by atoms with Crippen molar-refractivity contribution in [3.05, 3.63) is 39.6 Å². The Morgan fingerprint density at radius 3 is 2.86 bits per heavy atom. The highest BCUT2D eigenvalue weighted by Gasteiger charge is 2.07. The minimum Gasteiger partial charge on any atom is -0.241 e. The SMILES string of the molecule is Cc1csc(-c2cc(F)ccc2Br)n1. The maximum absolute atomic E-state index is 13.0. The van der Waals surface area contributed by atoms with Gasteiger partial charge in [-0.1, -0.05) is 15.9 Å². The summed E-state index contributed by atoms with van der Waals surface area (Å²) in [5.41, 5.74) is 1.77. The molecule has 0 aliphatic heterocycles. The Hall–Kier alpha value is -0.740. The zero-order valence-corrected chi connectivity index (χ0v) is 9.82. The molecule has 1 nitrogen and oxygen atoms in total. The molecule has 4 heteroatoms. The molecule has 1 aromatic heterocycles. The van der Waals surface area contributed by atoms with Crippen molar-refractivity contribution in [3.63, 3.8) is 0 Å². The Balaban J connectivity index is 2.55. The first-order chi connectivity index (χ1) is 6.66. The van der Waals surface area contributed by atoms with Crippen molar-refractivity contribution in [3.8, 4) is 10.6 Å². The number of rotatable bonds is 1. The summed E-state index contributed by atoms with van der Waals surface area (Å²) in [6, 6.07) is 4.61. The number of nitrogens with zero attached hydrogens (tertiary/aromatic N) is 1. The second kappa shape index (κ2) is 3.79. The van der Waals surface area contributed by atoms with Crippen molar-refractivity contribution < 1.29 is 4.39 Å². The van der Waals surface area contributed by atoms with E-state index in [0.717, 1.165) is 20.7 Å². The molecule has 0 spiro atoms. The second-order valence-corrected chi connectivity index (χ2v) is 4.63. The topological polar surface area (TPSA) is 12.9 Å². The summed E-state index contributed by atoms with van der Waals surface area (Å²) in [4.78, 5) is 4.30. The third-order valence-corrected chi connectivity index (χ3v) is 3.46. The van der Waals surface area contributed by atoms with E-state index in [1.54, 1.807) is 6.07 Å². The van der Waals surface area contributed by atoms with E-state index in [0.29, 0.717) is 0 Å². The van der Waals surface area contributed by atoms with E-state index < -0.39 is 0 Å². The summed E-state index contributed by atoms with van der Waals surface area (Å²) in [5.74, 6) is -0.240.